The second kappa shape index (κ2) is 7.35. The maximum absolute atomic E-state index is 11.9. The summed E-state index contributed by atoms with van der Waals surface area (Å²) in [7, 11) is 1.59. The minimum Gasteiger partial charge on any atom is -0.497 e. The van der Waals surface area contributed by atoms with E-state index in [1.165, 1.54) is 6.21 Å². The zero-order chi connectivity index (χ0) is 17.9. The molecular formula is C17H18ClN3O4. The molecule has 25 heavy (non-hydrogen) atoms. The minimum absolute atomic E-state index is 0.0633. The molecule has 7 nitrogen and oxygen atoms in total. The predicted octanol–water partition coefficient (Wildman–Crippen LogP) is 2.50. The third kappa shape index (κ3) is 4.25. The summed E-state index contributed by atoms with van der Waals surface area (Å²) in [6, 6.07) is 7.35. The van der Waals surface area contributed by atoms with Crippen LogP contribution in [0.5, 0.6) is 5.75 Å². The normalized spacial score (nSPS) is 16.4. The van der Waals surface area contributed by atoms with Gasteiger partial charge in [-0.2, -0.15) is 5.10 Å². The molecule has 1 fully saturated rings. The SMILES string of the molecule is COc1ccc2cc(C=NNC(=O)CC3(C)OCCO3)c(Cl)nc2c1. The molecule has 0 atom stereocenters. The van der Waals surface area contributed by atoms with E-state index < -0.39 is 5.79 Å². The van der Waals surface area contributed by atoms with Gasteiger partial charge in [0.25, 0.3) is 0 Å². The molecule has 8 heteroatoms. The number of methoxy groups -OCH3 is 1. The molecule has 0 spiro atoms. The number of halogens is 1. The summed E-state index contributed by atoms with van der Waals surface area (Å²) < 4.78 is 15.9. The largest absolute Gasteiger partial charge is 0.497 e. The second-order valence-corrected chi connectivity index (χ2v) is 6.09. The van der Waals surface area contributed by atoms with Gasteiger partial charge in [0, 0.05) is 17.0 Å². The van der Waals surface area contributed by atoms with Crippen molar-refractivity contribution in [3.05, 3.63) is 35.0 Å². The van der Waals surface area contributed by atoms with Crippen LogP contribution in [-0.2, 0) is 14.3 Å². The number of fused-ring (bicyclic) bond motifs is 1. The van der Waals surface area contributed by atoms with Crippen molar-refractivity contribution in [2.45, 2.75) is 19.1 Å². The molecule has 1 amide bonds. The molecule has 3 rings (SSSR count). The van der Waals surface area contributed by atoms with Gasteiger partial charge in [-0.3, -0.25) is 4.79 Å². The summed E-state index contributed by atoms with van der Waals surface area (Å²) in [6.45, 7) is 2.69. The van der Waals surface area contributed by atoms with E-state index in [0.717, 1.165) is 5.39 Å². The van der Waals surface area contributed by atoms with Crippen molar-refractivity contribution in [2.24, 2.45) is 5.10 Å². The van der Waals surface area contributed by atoms with Crippen LogP contribution in [0.1, 0.15) is 18.9 Å². The van der Waals surface area contributed by atoms with Gasteiger partial charge in [-0.1, -0.05) is 11.6 Å². The lowest BCUT2D eigenvalue weighted by molar-refractivity contribution is -0.159. The molecule has 1 aliphatic rings. The van der Waals surface area contributed by atoms with Crippen molar-refractivity contribution < 1.29 is 19.0 Å². The Morgan fingerprint density at radius 3 is 2.92 bits per heavy atom. The molecule has 0 saturated carbocycles. The number of carbonyl (C=O) groups excluding carboxylic acids is 1. The van der Waals surface area contributed by atoms with E-state index in [1.807, 2.05) is 18.2 Å². The fourth-order valence-electron chi connectivity index (χ4n) is 2.52. The third-order valence-electron chi connectivity index (χ3n) is 3.78. The van der Waals surface area contributed by atoms with Crippen molar-refractivity contribution in [1.29, 1.82) is 0 Å². The van der Waals surface area contributed by atoms with E-state index in [0.29, 0.717) is 30.0 Å². The van der Waals surface area contributed by atoms with Crippen LogP contribution in [0.25, 0.3) is 10.9 Å². The first-order chi connectivity index (χ1) is 12.0. The number of hydrogen-bond donors (Lipinski definition) is 1. The maximum Gasteiger partial charge on any atom is 0.245 e. The van der Waals surface area contributed by atoms with E-state index in [4.69, 9.17) is 25.8 Å². The van der Waals surface area contributed by atoms with Gasteiger partial charge in [0.15, 0.2) is 5.79 Å². The zero-order valence-electron chi connectivity index (χ0n) is 13.9. The fourth-order valence-corrected chi connectivity index (χ4v) is 2.72. The number of carbonyl (C=O) groups is 1. The quantitative estimate of drug-likeness (QED) is 0.501. The van der Waals surface area contributed by atoms with E-state index in [2.05, 4.69) is 15.5 Å². The Labute approximate surface area is 149 Å². The Morgan fingerprint density at radius 1 is 1.44 bits per heavy atom. The van der Waals surface area contributed by atoms with Crippen LogP contribution in [0.3, 0.4) is 0 Å². The highest BCUT2D eigenvalue weighted by Crippen LogP contribution is 2.24. The fraction of sp³-hybridized carbons (Fsp3) is 0.353. The predicted molar refractivity (Wildman–Crippen MR) is 94.0 cm³/mol. The van der Waals surface area contributed by atoms with Crippen LogP contribution >= 0.6 is 11.6 Å². The van der Waals surface area contributed by atoms with Gasteiger partial charge < -0.3 is 14.2 Å². The van der Waals surface area contributed by atoms with Crippen molar-refractivity contribution in [3.8, 4) is 5.75 Å². The Balaban J connectivity index is 1.68. The number of amides is 1. The molecule has 1 aromatic heterocycles. The molecule has 0 aliphatic carbocycles. The Kier molecular flexibility index (Phi) is 5.17. The van der Waals surface area contributed by atoms with E-state index in [9.17, 15) is 4.79 Å². The zero-order valence-corrected chi connectivity index (χ0v) is 14.7. The van der Waals surface area contributed by atoms with Crippen LogP contribution in [0.2, 0.25) is 5.15 Å². The van der Waals surface area contributed by atoms with Gasteiger partial charge in [-0.15, -0.1) is 0 Å². The molecule has 1 N–H and O–H groups in total. The van der Waals surface area contributed by atoms with Gasteiger partial charge in [0.2, 0.25) is 5.91 Å². The highest BCUT2D eigenvalue weighted by molar-refractivity contribution is 6.32. The molecule has 1 aromatic carbocycles. The Bertz CT molecular complexity index is 819. The van der Waals surface area contributed by atoms with Crippen LogP contribution in [0.15, 0.2) is 29.4 Å². The monoisotopic (exact) mass is 363 g/mol. The third-order valence-corrected chi connectivity index (χ3v) is 4.08. The number of ether oxygens (including phenoxy) is 3. The lowest BCUT2D eigenvalue weighted by atomic mass is 10.1. The summed E-state index contributed by atoms with van der Waals surface area (Å²) in [6.07, 6.45) is 1.52. The molecule has 132 valence electrons. The maximum atomic E-state index is 11.9. The standard InChI is InChI=1S/C17H18ClN3O4/c1-17(24-5-6-25-17)9-15(22)21-19-10-12-7-11-3-4-13(23-2)8-14(11)20-16(12)18/h3-4,7-8,10H,5-6,9H2,1-2H3,(H,21,22). The molecule has 0 unspecified atom stereocenters. The summed E-state index contributed by atoms with van der Waals surface area (Å²) in [5.41, 5.74) is 3.75. The van der Waals surface area contributed by atoms with E-state index in [-0.39, 0.29) is 17.5 Å². The molecule has 1 saturated heterocycles. The highest BCUT2D eigenvalue weighted by atomic mass is 35.5. The molecule has 2 aromatic rings. The number of benzene rings is 1. The number of nitrogens with one attached hydrogen (secondary N) is 1. The van der Waals surface area contributed by atoms with Crippen LogP contribution in [0, 0.1) is 0 Å². The number of rotatable bonds is 5. The van der Waals surface area contributed by atoms with Crippen LogP contribution in [0.4, 0.5) is 0 Å². The number of hydrazone groups is 1. The van der Waals surface area contributed by atoms with Crippen molar-refractivity contribution in [3.63, 3.8) is 0 Å². The number of nitrogens with zero attached hydrogens (tertiary/aromatic N) is 2. The topological polar surface area (TPSA) is 82.0 Å². The Morgan fingerprint density at radius 2 is 2.20 bits per heavy atom. The highest BCUT2D eigenvalue weighted by Gasteiger charge is 2.33. The lowest BCUT2D eigenvalue weighted by Crippen LogP contribution is -2.33. The molecule has 0 radical (unpaired) electrons. The summed E-state index contributed by atoms with van der Waals surface area (Å²) in [5.74, 6) is -0.495. The number of pyridine rings is 1. The van der Waals surface area contributed by atoms with Gasteiger partial charge in [0.1, 0.15) is 10.9 Å². The van der Waals surface area contributed by atoms with Crippen LogP contribution in [-0.4, -0.2) is 43.2 Å². The summed E-state index contributed by atoms with van der Waals surface area (Å²) >= 11 is 6.18. The first kappa shape index (κ1) is 17.6. The first-order valence-corrected chi connectivity index (χ1v) is 8.11. The molecule has 0 bridgehead atoms. The second-order valence-electron chi connectivity index (χ2n) is 5.73. The first-order valence-electron chi connectivity index (χ1n) is 7.73. The molecule has 1 aliphatic heterocycles. The van der Waals surface area contributed by atoms with Crippen LogP contribution < -0.4 is 10.2 Å². The molecule has 2 heterocycles. The number of aromatic nitrogens is 1. The van der Waals surface area contributed by atoms with Gasteiger partial charge in [0.05, 0.1) is 38.5 Å². The van der Waals surface area contributed by atoms with E-state index in [1.54, 1.807) is 20.1 Å². The average molecular weight is 364 g/mol. The van der Waals surface area contributed by atoms with Crippen molar-refractivity contribution >= 4 is 34.6 Å². The summed E-state index contributed by atoms with van der Waals surface area (Å²) in [5, 5.41) is 5.10. The summed E-state index contributed by atoms with van der Waals surface area (Å²) in [4.78, 5) is 16.2. The van der Waals surface area contributed by atoms with Gasteiger partial charge in [-0.05, 0) is 25.1 Å². The smallest absolute Gasteiger partial charge is 0.245 e. The molecular weight excluding hydrogens is 346 g/mol. The number of hydrogen-bond acceptors (Lipinski definition) is 6. The van der Waals surface area contributed by atoms with E-state index >= 15 is 0 Å². The lowest BCUT2D eigenvalue weighted by Gasteiger charge is -2.20. The Hall–Kier alpha value is -2.22. The van der Waals surface area contributed by atoms with Gasteiger partial charge >= 0.3 is 0 Å². The minimum atomic E-state index is -0.888. The van der Waals surface area contributed by atoms with Crippen molar-refractivity contribution in [2.75, 3.05) is 20.3 Å². The average Bonchev–Trinajstić information content (AvgIpc) is 3.00. The van der Waals surface area contributed by atoms with Gasteiger partial charge in [-0.25, -0.2) is 10.4 Å². The van der Waals surface area contributed by atoms with Crippen molar-refractivity contribution in [1.82, 2.24) is 10.4 Å².